The Morgan fingerprint density at radius 2 is 1.84 bits per heavy atom. The lowest BCUT2D eigenvalue weighted by molar-refractivity contribution is 0.0919. The lowest BCUT2D eigenvalue weighted by Crippen LogP contribution is -2.40. The standard InChI is InChI=1S/C11H12BrCl2NO3S/c1-11(2,3)15-10(16)7-4-6(19(14,17)18)5-8(12)9(7)13/h4-5H,1-3H3,(H,15,16). The molecule has 0 fully saturated rings. The number of benzene rings is 1. The molecule has 0 aliphatic heterocycles. The van der Waals surface area contributed by atoms with Crippen LogP contribution in [0.2, 0.25) is 5.02 Å². The van der Waals surface area contributed by atoms with Crippen LogP contribution in [0.5, 0.6) is 0 Å². The number of halogens is 3. The van der Waals surface area contributed by atoms with Crippen molar-refractivity contribution in [3.8, 4) is 0 Å². The van der Waals surface area contributed by atoms with Gasteiger partial charge in [-0.05, 0) is 48.8 Å². The first-order valence-electron chi connectivity index (χ1n) is 5.18. The predicted octanol–water partition coefficient (Wildman–Crippen LogP) is 3.56. The third-order valence-corrected chi connectivity index (χ3v) is 4.61. The second-order valence-electron chi connectivity index (χ2n) is 4.91. The summed E-state index contributed by atoms with van der Waals surface area (Å²) in [5.41, 5.74) is -0.423. The second kappa shape index (κ2) is 5.60. The van der Waals surface area contributed by atoms with E-state index in [0.717, 1.165) is 6.07 Å². The lowest BCUT2D eigenvalue weighted by Gasteiger charge is -2.21. The molecular formula is C11H12BrCl2NO3S. The van der Waals surface area contributed by atoms with Gasteiger partial charge in [0, 0.05) is 20.7 Å². The molecule has 0 aromatic heterocycles. The molecule has 4 nitrogen and oxygen atoms in total. The normalized spacial score (nSPS) is 12.3. The van der Waals surface area contributed by atoms with Crippen molar-refractivity contribution in [3.05, 3.63) is 27.2 Å². The summed E-state index contributed by atoms with van der Waals surface area (Å²) in [6.45, 7) is 5.40. The maximum atomic E-state index is 12.1. The molecule has 106 valence electrons. The summed E-state index contributed by atoms with van der Waals surface area (Å²) in [7, 11) is 1.33. The largest absolute Gasteiger partial charge is 0.347 e. The van der Waals surface area contributed by atoms with E-state index < -0.39 is 20.5 Å². The van der Waals surface area contributed by atoms with Gasteiger partial charge < -0.3 is 5.32 Å². The van der Waals surface area contributed by atoms with Crippen LogP contribution < -0.4 is 5.32 Å². The molecule has 1 aromatic carbocycles. The first-order chi connectivity index (χ1) is 8.42. The summed E-state index contributed by atoms with van der Waals surface area (Å²) < 4.78 is 22.9. The molecule has 0 spiro atoms. The zero-order valence-corrected chi connectivity index (χ0v) is 14.3. The fraction of sp³-hybridized carbons (Fsp3) is 0.364. The minimum absolute atomic E-state index is 0.0465. The van der Waals surface area contributed by atoms with E-state index >= 15 is 0 Å². The number of amides is 1. The van der Waals surface area contributed by atoms with Crippen molar-refractivity contribution in [2.45, 2.75) is 31.2 Å². The van der Waals surface area contributed by atoms with E-state index in [0.29, 0.717) is 0 Å². The summed E-state index contributed by atoms with van der Waals surface area (Å²) in [5, 5.41) is 2.83. The molecule has 0 heterocycles. The van der Waals surface area contributed by atoms with Crippen molar-refractivity contribution in [1.82, 2.24) is 5.32 Å². The first kappa shape index (κ1) is 16.8. The smallest absolute Gasteiger partial charge is 0.261 e. The van der Waals surface area contributed by atoms with Crippen LogP contribution in [0.15, 0.2) is 21.5 Å². The fourth-order valence-corrected chi connectivity index (χ4v) is 2.87. The van der Waals surface area contributed by atoms with Crippen molar-refractivity contribution < 1.29 is 13.2 Å². The van der Waals surface area contributed by atoms with Crippen LogP contribution in [0.4, 0.5) is 0 Å². The molecule has 0 aliphatic carbocycles. The highest BCUT2D eigenvalue weighted by Crippen LogP contribution is 2.31. The van der Waals surface area contributed by atoms with Gasteiger partial charge in [-0.3, -0.25) is 4.79 Å². The molecule has 0 aliphatic rings. The van der Waals surface area contributed by atoms with Crippen molar-refractivity contribution in [1.29, 1.82) is 0 Å². The summed E-state index contributed by atoms with van der Waals surface area (Å²) in [5.74, 6) is -0.472. The third-order valence-electron chi connectivity index (χ3n) is 2.02. The van der Waals surface area contributed by atoms with E-state index in [1.807, 2.05) is 0 Å². The molecule has 1 amide bonds. The van der Waals surface area contributed by atoms with E-state index in [9.17, 15) is 13.2 Å². The lowest BCUT2D eigenvalue weighted by atomic mass is 10.1. The molecule has 1 N–H and O–H groups in total. The monoisotopic (exact) mass is 387 g/mol. The number of nitrogens with one attached hydrogen (secondary N) is 1. The molecule has 0 bridgehead atoms. The maximum absolute atomic E-state index is 12.1. The van der Waals surface area contributed by atoms with Gasteiger partial charge in [-0.15, -0.1) is 0 Å². The summed E-state index contributed by atoms with van der Waals surface area (Å²) in [6, 6.07) is 2.40. The van der Waals surface area contributed by atoms with Gasteiger partial charge in [-0.2, -0.15) is 0 Å². The topological polar surface area (TPSA) is 63.2 Å². The highest BCUT2D eigenvalue weighted by atomic mass is 79.9. The van der Waals surface area contributed by atoms with Gasteiger partial charge in [0.05, 0.1) is 15.5 Å². The highest BCUT2D eigenvalue weighted by molar-refractivity contribution is 9.10. The van der Waals surface area contributed by atoms with Crippen molar-refractivity contribution in [2.24, 2.45) is 0 Å². The molecule has 0 saturated heterocycles. The van der Waals surface area contributed by atoms with Gasteiger partial charge in [-0.25, -0.2) is 8.42 Å². The SMILES string of the molecule is CC(C)(C)NC(=O)c1cc(S(=O)(=O)Cl)cc(Br)c1Cl. The number of hydrogen-bond acceptors (Lipinski definition) is 3. The Balaban J connectivity index is 3.36. The first-order valence-corrected chi connectivity index (χ1v) is 8.66. The number of rotatable bonds is 2. The summed E-state index contributed by atoms with van der Waals surface area (Å²) in [6.07, 6.45) is 0. The average Bonchev–Trinajstić information content (AvgIpc) is 2.17. The molecule has 0 saturated carbocycles. The van der Waals surface area contributed by atoms with E-state index in [1.165, 1.54) is 6.07 Å². The second-order valence-corrected chi connectivity index (χ2v) is 8.71. The van der Waals surface area contributed by atoms with E-state index in [1.54, 1.807) is 20.8 Å². The van der Waals surface area contributed by atoms with Crippen LogP contribution in [-0.2, 0) is 9.05 Å². The number of carbonyl (C=O) groups excluding carboxylic acids is 1. The van der Waals surface area contributed by atoms with E-state index in [4.69, 9.17) is 22.3 Å². The number of hydrogen-bond donors (Lipinski definition) is 1. The van der Waals surface area contributed by atoms with E-state index in [2.05, 4.69) is 21.2 Å². The van der Waals surface area contributed by atoms with Crippen LogP contribution in [0.3, 0.4) is 0 Å². The van der Waals surface area contributed by atoms with Gasteiger partial charge >= 0.3 is 0 Å². The van der Waals surface area contributed by atoms with Crippen LogP contribution in [0, 0.1) is 0 Å². The Labute approximate surface area is 130 Å². The molecule has 19 heavy (non-hydrogen) atoms. The van der Waals surface area contributed by atoms with Crippen molar-refractivity contribution in [3.63, 3.8) is 0 Å². The van der Waals surface area contributed by atoms with Crippen LogP contribution >= 0.6 is 38.2 Å². The highest BCUT2D eigenvalue weighted by Gasteiger charge is 2.22. The zero-order valence-electron chi connectivity index (χ0n) is 10.4. The van der Waals surface area contributed by atoms with Crippen LogP contribution in [-0.4, -0.2) is 19.9 Å². The molecule has 0 unspecified atom stereocenters. The van der Waals surface area contributed by atoms with Crippen molar-refractivity contribution in [2.75, 3.05) is 0 Å². The Morgan fingerprint density at radius 1 is 1.32 bits per heavy atom. The van der Waals surface area contributed by atoms with Gasteiger partial charge in [0.2, 0.25) is 0 Å². The minimum atomic E-state index is -3.94. The summed E-state index contributed by atoms with van der Waals surface area (Å²) >= 11 is 9.10. The predicted molar refractivity (Wildman–Crippen MR) is 79.4 cm³/mol. The minimum Gasteiger partial charge on any atom is -0.347 e. The molecule has 1 rings (SSSR count). The fourth-order valence-electron chi connectivity index (χ4n) is 1.28. The quantitative estimate of drug-likeness (QED) is 0.787. The average molecular weight is 389 g/mol. The molecule has 0 atom stereocenters. The Hall–Kier alpha value is -0.300. The number of carbonyl (C=O) groups is 1. The molecule has 0 radical (unpaired) electrons. The van der Waals surface area contributed by atoms with Gasteiger partial charge in [0.15, 0.2) is 0 Å². The molecule has 1 aromatic rings. The van der Waals surface area contributed by atoms with Crippen molar-refractivity contribution >= 4 is 53.2 Å². The Morgan fingerprint density at radius 3 is 2.26 bits per heavy atom. The molecular weight excluding hydrogens is 377 g/mol. The van der Waals surface area contributed by atoms with Crippen LogP contribution in [0.25, 0.3) is 0 Å². The van der Waals surface area contributed by atoms with Crippen LogP contribution in [0.1, 0.15) is 31.1 Å². The maximum Gasteiger partial charge on any atom is 0.261 e. The third kappa shape index (κ3) is 4.63. The zero-order chi connectivity index (χ0) is 15.0. The van der Waals surface area contributed by atoms with Gasteiger partial charge in [0.25, 0.3) is 15.0 Å². The van der Waals surface area contributed by atoms with Gasteiger partial charge in [-0.1, -0.05) is 11.6 Å². The van der Waals surface area contributed by atoms with Gasteiger partial charge in [0.1, 0.15) is 0 Å². The van der Waals surface area contributed by atoms with E-state index in [-0.39, 0.29) is 20.0 Å². The Bertz CT molecular complexity index is 624. The molecule has 8 heteroatoms. The summed E-state index contributed by atoms with van der Waals surface area (Å²) in [4.78, 5) is 11.9. The Kier molecular flexibility index (Phi) is 4.93.